The minimum atomic E-state index is -1.07. The second-order valence-electron chi connectivity index (χ2n) is 9.89. The van der Waals surface area contributed by atoms with E-state index in [2.05, 4.69) is 15.1 Å². The number of carbonyl (C=O) groups is 2. The molecule has 0 bridgehead atoms. The SMILES string of the molecule is COC1CC(N)(NC(=O)c2ccccc2)C(Cl)CN1CC1CCN(C(=O)CN2CCOCC2)CC1. The molecule has 0 spiro atoms. The highest BCUT2D eigenvalue weighted by Crippen LogP contribution is 2.30. The molecule has 3 N–H and O–H groups in total. The van der Waals surface area contributed by atoms with E-state index < -0.39 is 11.0 Å². The molecule has 0 radical (unpaired) electrons. The molecule has 9 nitrogen and oxygen atoms in total. The van der Waals surface area contributed by atoms with Crippen molar-refractivity contribution in [2.45, 2.75) is 36.5 Å². The molecule has 3 atom stereocenters. The highest BCUT2D eigenvalue weighted by molar-refractivity contribution is 6.22. The maximum Gasteiger partial charge on any atom is 0.252 e. The third kappa shape index (κ3) is 6.72. The molecule has 0 aliphatic carbocycles. The van der Waals surface area contributed by atoms with Gasteiger partial charge in [0, 0.05) is 58.4 Å². The monoisotopic (exact) mass is 507 g/mol. The standard InChI is InChI=1S/C25H38ClN5O4/c1-34-23-15-25(27,28-24(33)20-5-3-2-4-6-20)21(26)17-31(23)16-19-7-9-30(10-8-19)22(32)18-29-11-13-35-14-12-29/h2-6,19,21,23H,7-18,27H2,1H3,(H,28,33). The number of amides is 2. The first-order chi connectivity index (χ1) is 16.9. The lowest BCUT2D eigenvalue weighted by Crippen LogP contribution is -2.70. The molecule has 3 unspecified atom stereocenters. The van der Waals surface area contributed by atoms with Crippen LogP contribution < -0.4 is 11.1 Å². The fraction of sp³-hybridized carbons (Fsp3) is 0.680. The average Bonchev–Trinajstić information content (AvgIpc) is 2.88. The number of nitrogens with zero attached hydrogens (tertiary/aromatic N) is 3. The number of methoxy groups -OCH3 is 1. The van der Waals surface area contributed by atoms with Crippen molar-refractivity contribution in [2.75, 3.05) is 66.1 Å². The average molecular weight is 508 g/mol. The summed E-state index contributed by atoms with van der Waals surface area (Å²) in [4.78, 5) is 31.8. The van der Waals surface area contributed by atoms with Gasteiger partial charge in [-0.2, -0.15) is 0 Å². The van der Waals surface area contributed by atoms with E-state index in [9.17, 15) is 9.59 Å². The quantitative estimate of drug-likeness (QED) is 0.418. The van der Waals surface area contributed by atoms with Crippen LogP contribution in [0.25, 0.3) is 0 Å². The van der Waals surface area contributed by atoms with Crippen molar-refractivity contribution in [1.82, 2.24) is 20.0 Å². The van der Waals surface area contributed by atoms with Crippen molar-refractivity contribution < 1.29 is 19.1 Å². The van der Waals surface area contributed by atoms with Crippen LogP contribution in [0.2, 0.25) is 0 Å². The highest BCUT2D eigenvalue weighted by atomic mass is 35.5. The summed E-state index contributed by atoms with van der Waals surface area (Å²) in [6.07, 6.45) is 2.06. The molecular weight excluding hydrogens is 470 g/mol. The predicted octanol–water partition coefficient (Wildman–Crippen LogP) is 0.928. The number of hydrogen-bond donors (Lipinski definition) is 2. The maximum atomic E-state index is 12.7. The molecule has 10 heteroatoms. The fourth-order valence-corrected chi connectivity index (χ4v) is 5.53. The summed E-state index contributed by atoms with van der Waals surface area (Å²) in [5.74, 6) is 0.422. The smallest absolute Gasteiger partial charge is 0.252 e. The van der Waals surface area contributed by atoms with Gasteiger partial charge in [0.15, 0.2) is 0 Å². The summed E-state index contributed by atoms with van der Waals surface area (Å²) in [7, 11) is 1.67. The van der Waals surface area contributed by atoms with E-state index >= 15 is 0 Å². The third-order valence-electron chi connectivity index (χ3n) is 7.45. The Kier molecular flexibility index (Phi) is 9.02. The van der Waals surface area contributed by atoms with Crippen LogP contribution >= 0.6 is 11.6 Å². The Bertz CT molecular complexity index is 848. The molecule has 2 amide bonds. The van der Waals surface area contributed by atoms with Gasteiger partial charge in [0.2, 0.25) is 5.91 Å². The number of piperidine rings is 2. The van der Waals surface area contributed by atoms with Crippen molar-refractivity contribution in [3.05, 3.63) is 35.9 Å². The summed E-state index contributed by atoms with van der Waals surface area (Å²) in [6.45, 7) is 6.42. The number of likely N-dealkylation sites (tertiary alicyclic amines) is 2. The van der Waals surface area contributed by atoms with Crippen LogP contribution in [0.1, 0.15) is 29.6 Å². The van der Waals surface area contributed by atoms with Gasteiger partial charge < -0.3 is 25.4 Å². The lowest BCUT2D eigenvalue weighted by Gasteiger charge is -2.48. The normalized spacial score (nSPS) is 29.2. The third-order valence-corrected chi connectivity index (χ3v) is 7.98. The molecule has 3 fully saturated rings. The van der Waals surface area contributed by atoms with Crippen LogP contribution in [0.3, 0.4) is 0 Å². The molecule has 194 valence electrons. The van der Waals surface area contributed by atoms with Crippen molar-refractivity contribution in [2.24, 2.45) is 11.7 Å². The molecule has 3 heterocycles. The van der Waals surface area contributed by atoms with Crippen molar-refractivity contribution in [3.8, 4) is 0 Å². The number of alkyl halides is 1. The lowest BCUT2D eigenvalue weighted by molar-refractivity contribution is -0.135. The molecule has 3 aliphatic heterocycles. The van der Waals surface area contributed by atoms with Gasteiger partial charge in [-0.25, -0.2) is 0 Å². The predicted molar refractivity (Wildman–Crippen MR) is 134 cm³/mol. The van der Waals surface area contributed by atoms with Gasteiger partial charge in [-0.05, 0) is 30.9 Å². The van der Waals surface area contributed by atoms with Gasteiger partial charge >= 0.3 is 0 Å². The Morgan fingerprint density at radius 3 is 2.51 bits per heavy atom. The maximum absolute atomic E-state index is 12.7. The topological polar surface area (TPSA) is 100 Å². The number of carbonyl (C=O) groups excluding carboxylic acids is 2. The first-order valence-electron chi connectivity index (χ1n) is 12.5. The van der Waals surface area contributed by atoms with Crippen LogP contribution in [-0.4, -0.2) is 110 Å². The van der Waals surface area contributed by atoms with Crippen LogP contribution in [0, 0.1) is 5.92 Å². The summed E-state index contributed by atoms with van der Waals surface area (Å²) >= 11 is 6.74. The number of nitrogens with two attached hydrogens (primary N) is 1. The Morgan fingerprint density at radius 2 is 1.86 bits per heavy atom. The van der Waals surface area contributed by atoms with Crippen LogP contribution in [0.15, 0.2) is 30.3 Å². The van der Waals surface area contributed by atoms with E-state index in [4.69, 9.17) is 26.8 Å². The minimum Gasteiger partial charge on any atom is -0.379 e. The van der Waals surface area contributed by atoms with E-state index in [0.717, 1.165) is 45.6 Å². The number of hydrogen-bond acceptors (Lipinski definition) is 7. The Labute approximate surface area is 212 Å². The van der Waals surface area contributed by atoms with Gasteiger partial charge in [-0.15, -0.1) is 11.6 Å². The molecule has 0 aromatic heterocycles. The van der Waals surface area contributed by atoms with Gasteiger partial charge in [0.05, 0.1) is 25.1 Å². The number of nitrogens with one attached hydrogen (secondary N) is 1. The largest absolute Gasteiger partial charge is 0.379 e. The second-order valence-corrected chi connectivity index (χ2v) is 10.4. The van der Waals surface area contributed by atoms with E-state index in [-0.39, 0.29) is 18.0 Å². The van der Waals surface area contributed by atoms with Gasteiger partial charge in [0.25, 0.3) is 5.91 Å². The Hall–Kier alpha value is -1.75. The van der Waals surface area contributed by atoms with Crippen LogP contribution in [0.4, 0.5) is 0 Å². The summed E-state index contributed by atoms with van der Waals surface area (Å²) in [6, 6.07) is 9.01. The van der Waals surface area contributed by atoms with Gasteiger partial charge in [-0.1, -0.05) is 18.2 Å². The second kappa shape index (κ2) is 12.0. The number of benzene rings is 1. The highest BCUT2D eigenvalue weighted by Gasteiger charge is 2.45. The molecule has 35 heavy (non-hydrogen) atoms. The van der Waals surface area contributed by atoms with Gasteiger partial charge in [0.1, 0.15) is 11.9 Å². The number of ether oxygens (including phenoxy) is 2. The zero-order valence-corrected chi connectivity index (χ0v) is 21.3. The molecule has 0 saturated carbocycles. The van der Waals surface area contributed by atoms with Crippen molar-refractivity contribution in [1.29, 1.82) is 0 Å². The molecule has 3 saturated heterocycles. The van der Waals surface area contributed by atoms with Crippen molar-refractivity contribution in [3.63, 3.8) is 0 Å². The van der Waals surface area contributed by atoms with E-state index in [1.54, 1.807) is 19.2 Å². The fourth-order valence-electron chi connectivity index (χ4n) is 5.21. The van der Waals surface area contributed by atoms with Crippen LogP contribution in [0.5, 0.6) is 0 Å². The molecule has 1 aromatic carbocycles. The number of rotatable bonds is 7. The van der Waals surface area contributed by atoms with Gasteiger partial charge in [-0.3, -0.25) is 19.4 Å². The summed E-state index contributed by atoms with van der Waals surface area (Å²) in [5, 5.41) is 2.48. The summed E-state index contributed by atoms with van der Waals surface area (Å²) < 4.78 is 11.1. The molecular formula is C25H38ClN5O4. The van der Waals surface area contributed by atoms with E-state index in [1.807, 2.05) is 23.1 Å². The first-order valence-corrected chi connectivity index (χ1v) is 13.0. The zero-order chi connectivity index (χ0) is 24.8. The Balaban J connectivity index is 1.27. The minimum absolute atomic E-state index is 0.209. The number of halogens is 1. The van der Waals surface area contributed by atoms with Crippen LogP contribution in [-0.2, 0) is 14.3 Å². The lowest BCUT2D eigenvalue weighted by atomic mass is 9.91. The summed E-state index contributed by atoms with van der Waals surface area (Å²) in [5.41, 5.74) is 6.08. The zero-order valence-electron chi connectivity index (χ0n) is 20.5. The number of morpholine rings is 1. The molecule has 4 rings (SSSR count). The molecule has 1 aromatic rings. The van der Waals surface area contributed by atoms with E-state index in [0.29, 0.717) is 44.2 Å². The molecule has 3 aliphatic rings. The van der Waals surface area contributed by atoms with Crippen molar-refractivity contribution >= 4 is 23.4 Å². The first kappa shape index (κ1) is 26.3. The van der Waals surface area contributed by atoms with E-state index in [1.165, 1.54) is 0 Å². The Morgan fingerprint density at radius 1 is 1.17 bits per heavy atom.